The van der Waals surface area contributed by atoms with Crippen molar-refractivity contribution >= 4 is 40.6 Å². The molecule has 2 nitrogen and oxygen atoms in total. The molecule has 0 atom stereocenters. The van der Waals surface area contributed by atoms with Gasteiger partial charge < -0.3 is 4.74 Å². The lowest BCUT2D eigenvalue weighted by molar-refractivity contribution is 0.103. The van der Waals surface area contributed by atoms with Crippen LogP contribution in [0.1, 0.15) is 15.9 Å². The Balaban J connectivity index is 2.52. The Kier molecular flexibility index (Phi) is 4.53. The van der Waals surface area contributed by atoms with E-state index in [1.165, 1.54) is 31.4 Å². The molecule has 0 saturated carbocycles. The summed E-state index contributed by atoms with van der Waals surface area (Å²) in [6.45, 7) is 0. The number of methoxy groups -OCH3 is 1. The van der Waals surface area contributed by atoms with Crippen molar-refractivity contribution in [1.29, 1.82) is 0 Å². The van der Waals surface area contributed by atoms with Crippen molar-refractivity contribution in [2.24, 2.45) is 0 Å². The summed E-state index contributed by atoms with van der Waals surface area (Å²) in [6, 6.07) is 6.67. The zero-order valence-corrected chi connectivity index (χ0v) is 12.5. The number of carbonyl (C=O) groups is 1. The van der Waals surface area contributed by atoms with Gasteiger partial charge in [0.05, 0.1) is 28.3 Å². The molecule has 0 saturated heterocycles. The predicted molar refractivity (Wildman–Crippen MR) is 77.9 cm³/mol. The third-order valence-corrected chi connectivity index (χ3v) is 3.47. The van der Waals surface area contributed by atoms with Crippen molar-refractivity contribution in [3.63, 3.8) is 0 Å². The average molecular weight is 334 g/mol. The molecule has 2 aromatic carbocycles. The molecule has 0 aliphatic rings. The Labute approximate surface area is 130 Å². The number of hydrogen-bond donors (Lipinski definition) is 0. The molecule has 0 bridgehead atoms. The number of rotatable bonds is 3. The number of ketones is 1. The van der Waals surface area contributed by atoms with Crippen molar-refractivity contribution in [3.05, 3.63) is 62.3 Å². The summed E-state index contributed by atoms with van der Waals surface area (Å²) >= 11 is 17.7. The van der Waals surface area contributed by atoms with E-state index in [-0.39, 0.29) is 21.2 Å². The van der Waals surface area contributed by atoms with E-state index in [4.69, 9.17) is 39.5 Å². The molecule has 0 amide bonds. The van der Waals surface area contributed by atoms with E-state index in [2.05, 4.69) is 0 Å². The lowest BCUT2D eigenvalue weighted by Crippen LogP contribution is -2.06. The van der Waals surface area contributed by atoms with E-state index in [9.17, 15) is 9.18 Å². The summed E-state index contributed by atoms with van der Waals surface area (Å²) in [5.41, 5.74) is -0.126. The lowest BCUT2D eigenvalue weighted by atomic mass is 10.0. The smallest absolute Gasteiger partial charge is 0.198 e. The number of benzene rings is 2. The third-order valence-electron chi connectivity index (χ3n) is 2.65. The SMILES string of the molecule is COc1ccc(C(=O)c2c(Cl)cc(Cl)cc2Cl)c(F)c1. The molecule has 6 heteroatoms. The largest absolute Gasteiger partial charge is 0.497 e. The predicted octanol–water partition coefficient (Wildman–Crippen LogP) is 5.03. The Morgan fingerprint density at radius 1 is 1.10 bits per heavy atom. The van der Waals surface area contributed by atoms with Crippen LogP contribution < -0.4 is 4.74 Å². The monoisotopic (exact) mass is 332 g/mol. The molecule has 0 unspecified atom stereocenters. The first-order valence-corrected chi connectivity index (χ1v) is 6.60. The second kappa shape index (κ2) is 6.00. The Hall–Kier alpha value is -1.29. The lowest BCUT2D eigenvalue weighted by Gasteiger charge is -2.08. The first-order valence-electron chi connectivity index (χ1n) is 5.47. The molecule has 0 aromatic heterocycles. The Morgan fingerprint density at radius 2 is 1.70 bits per heavy atom. The van der Waals surface area contributed by atoms with E-state index in [0.29, 0.717) is 10.8 Å². The van der Waals surface area contributed by atoms with Crippen LogP contribution in [0.4, 0.5) is 4.39 Å². The average Bonchev–Trinajstić information content (AvgIpc) is 2.37. The van der Waals surface area contributed by atoms with Crippen LogP contribution in [-0.2, 0) is 0 Å². The van der Waals surface area contributed by atoms with Gasteiger partial charge in [-0.25, -0.2) is 4.39 Å². The highest BCUT2D eigenvalue weighted by Gasteiger charge is 2.21. The molecule has 0 N–H and O–H groups in total. The fourth-order valence-corrected chi connectivity index (χ4v) is 2.69. The zero-order valence-electron chi connectivity index (χ0n) is 10.2. The molecule has 0 aliphatic carbocycles. The number of ether oxygens (including phenoxy) is 1. The van der Waals surface area contributed by atoms with Crippen LogP contribution in [-0.4, -0.2) is 12.9 Å². The highest BCUT2D eigenvalue weighted by Crippen LogP contribution is 2.31. The van der Waals surface area contributed by atoms with Crippen LogP contribution in [0, 0.1) is 5.82 Å². The van der Waals surface area contributed by atoms with E-state index >= 15 is 0 Å². The van der Waals surface area contributed by atoms with Crippen molar-refractivity contribution in [2.75, 3.05) is 7.11 Å². The maximum Gasteiger partial charge on any atom is 0.198 e. The van der Waals surface area contributed by atoms with E-state index in [1.807, 2.05) is 0 Å². The summed E-state index contributed by atoms with van der Waals surface area (Å²) < 4.78 is 18.8. The van der Waals surface area contributed by atoms with Gasteiger partial charge in [-0.2, -0.15) is 0 Å². The molecule has 0 heterocycles. The Bertz CT molecular complexity index is 663. The van der Waals surface area contributed by atoms with Gasteiger partial charge in [-0.1, -0.05) is 34.8 Å². The molecule has 0 fully saturated rings. The maximum atomic E-state index is 13.9. The molecule has 2 aromatic rings. The van der Waals surface area contributed by atoms with Crippen LogP contribution in [0.15, 0.2) is 30.3 Å². The van der Waals surface area contributed by atoms with Crippen molar-refractivity contribution in [3.8, 4) is 5.75 Å². The topological polar surface area (TPSA) is 26.3 Å². The second-order valence-electron chi connectivity index (χ2n) is 3.92. The molecule has 0 spiro atoms. The number of carbonyl (C=O) groups excluding carboxylic acids is 1. The van der Waals surface area contributed by atoms with Gasteiger partial charge >= 0.3 is 0 Å². The van der Waals surface area contributed by atoms with Gasteiger partial charge in [0.15, 0.2) is 5.78 Å². The van der Waals surface area contributed by atoms with Crippen molar-refractivity contribution in [1.82, 2.24) is 0 Å². The van der Waals surface area contributed by atoms with Crippen LogP contribution in [0.5, 0.6) is 5.75 Å². The third kappa shape index (κ3) is 2.90. The van der Waals surface area contributed by atoms with Gasteiger partial charge in [-0.3, -0.25) is 4.79 Å². The van der Waals surface area contributed by atoms with Gasteiger partial charge in [0.25, 0.3) is 0 Å². The normalized spacial score (nSPS) is 10.4. The minimum absolute atomic E-state index is 0.0156. The van der Waals surface area contributed by atoms with Gasteiger partial charge in [-0.15, -0.1) is 0 Å². The van der Waals surface area contributed by atoms with Crippen LogP contribution >= 0.6 is 34.8 Å². The highest BCUT2D eigenvalue weighted by atomic mass is 35.5. The number of halogens is 4. The van der Waals surface area contributed by atoms with Crippen molar-refractivity contribution in [2.45, 2.75) is 0 Å². The van der Waals surface area contributed by atoms with E-state index < -0.39 is 11.6 Å². The minimum Gasteiger partial charge on any atom is -0.497 e. The van der Waals surface area contributed by atoms with Crippen LogP contribution in [0.25, 0.3) is 0 Å². The molecular formula is C14H8Cl3FO2. The minimum atomic E-state index is -0.712. The summed E-state index contributed by atoms with van der Waals surface area (Å²) in [7, 11) is 1.41. The van der Waals surface area contributed by atoms with Crippen molar-refractivity contribution < 1.29 is 13.9 Å². The Morgan fingerprint density at radius 3 is 2.20 bits per heavy atom. The summed E-state index contributed by atoms with van der Waals surface area (Å²) in [6.07, 6.45) is 0. The molecule has 20 heavy (non-hydrogen) atoms. The first kappa shape index (κ1) is 15.1. The summed E-state index contributed by atoms with van der Waals surface area (Å²) in [5, 5.41) is 0.442. The quantitative estimate of drug-likeness (QED) is 0.737. The van der Waals surface area contributed by atoms with Gasteiger partial charge in [0.1, 0.15) is 11.6 Å². The fraction of sp³-hybridized carbons (Fsp3) is 0.0714. The van der Waals surface area contributed by atoms with Gasteiger partial charge in [-0.05, 0) is 24.3 Å². The zero-order chi connectivity index (χ0) is 14.9. The van der Waals surface area contributed by atoms with Crippen LogP contribution in [0.2, 0.25) is 15.1 Å². The van der Waals surface area contributed by atoms with E-state index in [0.717, 1.165) is 6.07 Å². The highest BCUT2D eigenvalue weighted by molar-refractivity contribution is 6.43. The summed E-state index contributed by atoms with van der Waals surface area (Å²) in [5.74, 6) is -1.01. The molecule has 2 rings (SSSR count). The maximum absolute atomic E-state index is 13.9. The molecule has 0 radical (unpaired) electrons. The first-order chi connectivity index (χ1) is 9.43. The van der Waals surface area contributed by atoms with Gasteiger partial charge in [0, 0.05) is 11.1 Å². The second-order valence-corrected chi connectivity index (χ2v) is 5.17. The number of hydrogen-bond acceptors (Lipinski definition) is 2. The fourth-order valence-electron chi connectivity index (χ4n) is 1.70. The van der Waals surface area contributed by atoms with Crippen LogP contribution in [0.3, 0.4) is 0 Å². The molecule has 0 aliphatic heterocycles. The summed E-state index contributed by atoms with van der Waals surface area (Å²) in [4.78, 5) is 12.3. The van der Waals surface area contributed by atoms with E-state index in [1.54, 1.807) is 0 Å². The molecule has 104 valence electrons. The molecular weight excluding hydrogens is 326 g/mol. The standard InChI is InChI=1S/C14H8Cl3FO2/c1-20-8-2-3-9(12(18)6-8)14(19)13-10(16)4-7(15)5-11(13)17/h2-6H,1H3. The van der Waals surface area contributed by atoms with Gasteiger partial charge in [0.2, 0.25) is 0 Å².